The number of hydrogen-bond donors (Lipinski definition) is 1. The smallest absolute Gasteiger partial charge is 0.296 e. The van der Waals surface area contributed by atoms with Crippen molar-refractivity contribution in [3.05, 3.63) is 84.1 Å². The quantitative estimate of drug-likeness (QED) is 0.489. The minimum atomic E-state index is -0.259. The van der Waals surface area contributed by atoms with Gasteiger partial charge in [-0.2, -0.15) is 0 Å². The number of benzene rings is 2. The number of nitrogens with one attached hydrogen (secondary N) is 1. The monoisotopic (exact) mass is 393 g/mol. The molecular formula is C21H21N4O2S+. The van der Waals surface area contributed by atoms with Crippen molar-refractivity contribution >= 4 is 23.7 Å². The number of hydrogen-bond acceptors (Lipinski definition) is 5. The number of thiocarbonyl (C=S) groups is 1. The van der Waals surface area contributed by atoms with Crippen LogP contribution in [0.2, 0.25) is 0 Å². The van der Waals surface area contributed by atoms with Crippen LogP contribution in [-0.4, -0.2) is 28.0 Å². The highest BCUT2D eigenvalue weighted by Crippen LogP contribution is 2.29. The average molecular weight is 393 g/mol. The van der Waals surface area contributed by atoms with Gasteiger partial charge in [0.1, 0.15) is 30.4 Å². The van der Waals surface area contributed by atoms with Crippen LogP contribution in [0, 0.1) is 0 Å². The summed E-state index contributed by atoms with van der Waals surface area (Å²) < 4.78 is 12.1. The highest BCUT2D eigenvalue weighted by Gasteiger charge is 2.33. The second kappa shape index (κ2) is 7.92. The van der Waals surface area contributed by atoms with Crippen molar-refractivity contribution in [2.45, 2.75) is 19.1 Å². The summed E-state index contributed by atoms with van der Waals surface area (Å²) >= 11 is 5.41. The van der Waals surface area contributed by atoms with Gasteiger partial charge in [-0.25, -0.2) is 14.9 Å². The van der Waals surface area contributed by atoms with Crippen LogP contribution < -0.4 is 10.2 Å². The number of rotatable bonds is 7. The van der Waals surface area contributed by atoms with Crippen LogP contribution >= 0.6 is 12.2 Å². The van der Waals surface area contributed by atoms with Gasteiger partial charge in [0.25, 0.3) is 5.11 Å². The van der Waals surface area contributed by atoms with Gasteiger partial charge in [0.2, 0.25) is 6.34 Å². The van der Waals surface area contributed by atoms with Crippen LogP contribution in [0.1, 0.15) is 22.9 Å². The molecule has 0 saturated carbocycles. The standard InChI is InChI=1S/C21H20N4O2S/c1-25(14-23-24-21(25)28)12-17-9-5-6-10-19(17)27-20(18-13-26-15-22-18)11-16-7-3-2-4-8-16/h2-10,13-15,20H,11-12H2,1H3/p+1. The SMILES string of the molecule is C[N+]1(Cc2ccccc2OC(Cc2ccccc2)c2cocn2)C=NNC1=S. The molecule has 2 unspecified atom stereocenters. The molecule has 7 heteroatoms. The fourth-order valence-electron chi connectivity index (χ4n) is 3.16. The lowest BCUT2D eigenvalue weighted by molar-refractivity contribution is -0.727. The van der Waals surface area contributed by atoms with Crippen LogP contribution in [0.3, 0.4) is 0 Å². The van der Waals surface area contributed by atoms with E-state index >= 15 is 0 Å². The summed E-state index contributed by atoms with van der Waals surface area (Å²) in [6, 6.07) is 18.2. The van der Waals surface area contributed by atoms with Crippen molar-refractivity contribution in [1.82, 2.24) is 10.4 Å². The van der Waals surface area contributed by atoms with E-state index in [2.05, 4.69) is 33.7 Å². The lowest BCUT2D eigenvalue weighted by Gasteiger charge is -2.25. The Labute approximate surface area is 169 Å². The van der Waals surface area contributed by atoms with Crippen molar-refractivity contribution in [3.8, 4) is 5.75 Å². The second-order valence-corrected chi connectivity index (χ2v) is 7.29. The number of oxazole rings is 1. The van der Waals surface area contributed by atoms with Gasteiger partial charge in [-0.3, -0.25) is 0 Å². The molecule has 1 aromatic heterocycles. The van der Waals surface area contributed by atoms with Gasteiger partial charge >= 0.3 is 0 Å². The first-order valence-electron chi connectivity index (χ1n) is 9.00. The summed E-state index contributed by atoms with van der Waals surface area (Å²) in [5, 5.41) is 4.75. The molecular weight excluding hydrogens is 372 g/mol. The summed E-state index contributed by atoms with van der Waals surface area (Å²) in [6.45, 7) is 0.641. The van der Waals surface area contributed by atoms with E-state index in [0.29, 0.717) is 22.6 Å². The number of ether oxygens (including phenoxy) is 1. The zero-order valence-corrected chi connectivity index (χ0v) is 16.3. The molecule has 2 heterocycles. The Morgan fingerprint density at radius 3 is 2.64 bits per heavy atom. The molecule has 0 fully saturated rings. The highest BCUT2D eigenvalue weighted by atomic mass is 32.1. The maximum Gasteiger partial charge on any atom is 0.296 e. The Balaban J connectivity index is 1.60. The maximum atomic E-state index is 6.44. The van der Waals surface area contributed by atoms with Gasteiger partial charge < -0.3 is 9.15 Å². The Kier molecular flexibility index (Phi) is 5.18. The maximum absolute atomic E-state index is 6.44. The third kappa shape index (κ3) is 3.95. The van der Waals surface area contributed by atoms with E-state index in [4.69, 9.17) is 21.4 Å². The van der Waals surface area contributed by atoms with Crippen LogP contribution in [0.4, 0.5) is 0 Å². The molecule has 0 aliphatic carbocycles. The lowest BCUT2D eigenvalue weighted by atomic mass is 10.1. The lowest BCUT2D eigenvalue weighted by Crippen LogP contribution is -2.46. The van der Waals surface area contributed by atoms with Crippen molar-refractivity contribution in [2.24, 2.45) is 5.10 Å². The third-order valence-electron chi connectivity index (χ3n) is 4.72. The summed E-state index contributed by atoms with van der Waals surface area (Å²) in [6.07, 6.45) is 5.30. The van der Waals surface area contributed by atoms with Crippen molar-refractivity contribution in [1.29, 1.82) is 0 Å². The first-order chi connectivity index (χ1) is 13.6. The normalized spacial score (nSPS) is 19.4. The van der Waals surface area contributed by atoms with E-state index in [1.54, 1.807) is 12.6 Å². The molecule has 1 aliphatic rings. The first kappa shape index (κ1) is 18.3. The molecule has 6 nitrogen and oxygen atoms in total. The molecule has 1 aliphatic heterocycles. The number of nitrogens with zero attached hydrogens (tertiary/aromatic N) is 3. The molecule has 1 N–H and O–H groups in total. The first-order valence-corrected chi connectivity index (χ1v) is 9.41. The van der Waals surface area contributed by atoms with Crippen LogP contribution in [0.5, 0.6) is 5.75 Å². The van der Waals surface area contributed by atoms with E-state index < -0.39 is 0 Å². The molecule has 142 valence electrons. The van der Waals surface area contributed by atoms with Crippen LogP contribution in [0.15, 0.2) is 76.8 Å². The number of aromatic nitrogens is 1. The number of hydrazone groups is 1. The zero-order valence-electron chi connectivity index (χ0n) is 15.5. The predicted molar refractivity (Wildman–Crippen MR) is 111 cm³/mol. The minimum absolute atomic E-state index is 0.259. The van der Waals surface area contributed by atoms with Gasteiger partial charge in [0, 0.05) is 24.2 Å². The Morgan fingerprint density at radius 1 is 1.14 bits per heavy atom. The molecule has 3 aromatic rings. The van der Waals surface area contributed by atoms with Gasteiger partial charge in [-0.15, -0.1) is 5.10 Å². The van der Waals surface area contributed by atoms with Crippen molar-refractivity contribution in [3.63, 3.8) is 0 Å². The molecule has 2 aromatic carbocycles. The van der Waals surface area contributed by atoms with Gasteiger partial charge in [0.05, 0.1) is 7.05 Å². The van der Waals surface area contributed by atoms with E-state index in [1.165, 1.54) is 12.0 Å². The summed E-state index contributed by atoms with van der Waals surface area (Å²) in [5.74, 6) is 0.800. The average Bonchev–Trinajstić information content (AvgIpc) is 3.34. The molecule has 0 spiro atoms. The van der Waals surface area contributed by atoms with Gasteiger partial charge in [-0.05, 0) is 17.7 Å². The van der Waals surface area contributed by atoms with E-state index in [1.807, 2.05) is 43.4 Å². The highest BCUT2D eigenvalue weighted by molar-refractivity contribution is 7.80. The Bertz CT molecular complexity index is 975. The molecule has 0 bridgehead atoms. The Morgan fingerprint density at radius 2 is 1.93 bits per heavy atom. The fraction of sp³-hybridized carbons (Fsp3) is 0.190. The number of quaternary nitrogens is 1. The van der Waals surface area contributed by atoms with E-state index in [0.717, 1.165) is 17.0 Å². The predicted octanol–water partition coefficient (Wildman–Crippen LogP) is 3.82. The van der Waals surface area contributed by atoms with Crippen molar-refractivity contribution in [2.75, 3.05) is 7.05 Å². The summed E-state index contributed by atoms with van der Waals surface area (Å²) in [5.41, 5.74) is 5.83. The van der Waals surface area contributed by atoms with E-state index in [9.17, 15) is 0 Å². The van der Waals surface area contributed by atoms with E-state index in [-0.39, 0.29) is 6.10 Å². The third-order valence-corrected chi connectivity index (χ3v) is 5.23. The molecule has 2 atom stereocenters. The topological polar surface area (TPSA) is 59.7 Å². The zero-order chi connectivity index (χ0) is 19.4. The molecule has 0 amide bonds. The second-order valence-electron chi connectivity index (χ2n) is 6.90. The van der Waals surface area contributed by atoms with Crippen LogP contribution in [-0.2, 0) is 13.0 Å². The van der Waals surface area contributed by atoms with Gasteiger partial charge in [-0.1, -0.05) is 42.5 Å². The summed E-state index contributed by atoms with van der Waals surface area (Å²) in [4.78, 5) is 4.32. The molecule has 0 saturated heterocycles. The minimum Gasteiger partial charge on any atom is -0.483 e. The number of para-hydroxylation sites is 1. The molecule has 4 rings (SSSR count). The largest absolute Gasteiger partial charge is 0.483 e. The van der Waals surface area contributed by atoms with Crippen molar-refractivity contribution < 1.29 is 13.6 Å². The summed E-state index contributed by atoms with van der Waals surface area (Å²) in [7, 11) is 2.02. The fourth-order valence-corrected chi connectivity index (χ4v) is 3.33. The van der Waals surface area contributed by atoms with Gasteiger partial charge in [0.15, 0.2) is 6.39 Å². The molecule has 28 heavy (non-hydrogen) atoms. The Hall–Kier alpha value is -3.03. The van der Waals surface area contributed by atoms with Crippen LogP contribution in [0.25, 0.3) is 0 Å². The molecule has 0 radical (unpaired) electrons.